The Morgan fingerprint density at radius 3 is 2.27 bits per heavy atom. The first-order valence-corrected chi connectivity index (χ1v) is 11.7. The summed E-state index contributed by atoms with van der Waals surface area (Å²) in [7, 11) is 0. The monoisotopic (exact) mass is 467 g/mol. The lowest BCUT2D eigenvalue weighted by atomic mass is 9.88. The molecule has 26 heavy (non-hydrogen) atoms. The lowest BCUT2D eigenvalue weighted by molar-refractivity contribution is 0.315. The second-order valence-corrected chi connectivity index (χ2v) is 9.95. The quantitative estimate of drug-likeness (QED) is 0.408. The molecule has 1 aromatic carbocycles. The van der Waals surface area contributed by atoms with Gasteiger partial charge in [0.25, 0.3) is 0 Å². The highest BCUT2D eigenvalue weighted by Gasteiger charge is 2.22. The van der Waals surface area contributed by atoms with Crippen LogP contribution in [0.3, 0.4) is 0 Å². The van der Waals surface area contributed by atoms with Gasteiger partial charge in [-0.15, -0.1) is 0 Å². The van der Waals surface area contributed by atoms with Crippen LogP contribution in [0.4, 0.5) is 5.69 Å². The van der Waals surface area contributed by atoms with E-state index in [4.69, 9.17) is 4.63 Å². The van der Waals surface area contributed by atoms with Crippen LogP contribution in [0, 0.1) is 0 Å². The Hall–Kier alpha value is -0.850. The maximum absolute atomic E-state index is 5.08. The average molecular weight is 467 g/mol. The Morgan fingerprint density at radius 1 is 0.846 bits per heavy atom. The summed E-state index contributed by atoms with van der Waals surface area (Å²) in [4.78, 5) is 0. The van der Waals surface area contributed by atoms with Crippen molar-refractivity contribution in [3.8, 4) is 0 Å². The van der Waals surface area contributed by atoms with Crippen LogP contribution >= 0.6 is 22.6 Å². The average Bonchev–Trinajstić information content (AvgIpc) is 3.16. The number of hydrogen-bond acceptors (Lipinski definition) is 4. The van der Waals surface area contributed by atoms with Crippen molar-refractivity contribution in [1.29, 1.82) is 0 Å². The van der Waals surface area contributed by atoms with Crippen LogP contribution in [0.25, 0.3) is 11.0 Å². The highest BCUT2D eigenvalue weighted by molar-refractivity contribution is 14.1. The topological polar surface area (TPSA) is 51.0 Å². The third-order valence-electron chi connectivity index (χ3n) is 6.23. The second-order valence-electron chi connectivity index (χ2n) is 8.19. The SMILES string of the molecule is IC1CCC(Nc2cc(C3CCCCCCCC3)cc3nonc23)CC1. The number of anilines is 1. The molecule has 2 fully saturated rings. The van der Waals surface area contributed by atoms with Crippen molar-refractivity contribution in [2.45, 2.75) is 92.9 Å². The van der Waals surface area contributed by atoms with Crippen molar-refractivity contribution in [3.05, 3.63) is 17.7 Å². The first-order valence-electron chi connectivity index (χ1n) is 10.5. The van der Waals surface area contributed by atoms with E-state index in [0.29, 0.717) is 12.0 Å². The van der Waals surface area contributed by atoms with Gasteiger partial charge in [-0.05, 0) is 72.5 Å². The number of nitrogens with zero attached hydrogens (tertiary/aromatic N) is 2. The van der Waals surface area contributed by atoms with E-state index in [1.54, 1.807) is 0 Å². The fourth-order valence-electron chi connectivity index (χ4n) is 4.64. The first-order chi connectivity index (χ1) is 12.8. The van der Waals surface area contributed by atoms with E-state index in [1.807, 2.05) is 0 Å². The molecular formula is C21H30IN3O. The Labute approximate surface area is 170 Å². The number of alkyl halides is 1. The van der Waals surface area contributed by atoms with Crippen LogP contribution in [-0.4, -0.2) is 20.3 Å². The Kier molecular flexibility index (Phi) is 6.33. The summed E-state index contributed by atoms with van der Waals surface area (Å²) in [5.41, 5.74) is 4.37. The van der Waals surface area contributed by atoms with E-state index < -0.39 is 0 Å². The Morgan fingerprint density at radius 2 is 1.54 bits per heavy atom. The van der Waals surface area contributed by atoms with Crippen molar-refractivity contribution in [2.75, 3.05) is 5.32 Å². The van der Waals surface area contributed by atoms with Gasteiger partial charge in [0.2, 0.25) is 0 Å². The van der Waals surface area contributed by atoms with Gasteiger partial charge in [-0.2, -0.15) is 0 Å². The van der Waals surface area contributed by atoms with Crippen molar-refractivity contribution in [1.82, 2.24) is 10.3 Å². The number of hydrogen-bond donors (Lipinski definition) is 1. The minimum absolute atomic E-state index is 0.552. The molecule has 0 aliphatic heterocycles. The van der Waals surface area contributed by atoms with Crippen LogP contribution in [-0.2, 0) is 0 Å². The molecule has 0 unspecified atom stereocenters. The molecule has 0 bridgehead atoms. The summed E-state index contributed by atoms with van der Waals surface area (Å²) >= 11 is 2.59. The Balaban J connectivity index is 1.57. The number of benzene rings is 1. The third kappa shape index (κ3) is 4.52. The summed E-state index contributed by atoms with van der Waals surface area (Å²) in [6, 6.07) is 5.13. The molecule has 0 amide bonds. The fraction of sp³-hybridized carbons (Fsp3) is 0.714. The van der Waals surface area contributed by atoms with Gasteiger partial charge >= 0.3 is 0 Å². The number of nitrogens with one attached hydrogen (secondary N) is 1. The smallest absolute Gasteiger partial charge is 0.158 e. The van der Waals surface area contributed by atoms with E-state index in [0.717, 1.165) is 20.6 Å². The summed E-state index contributed by atoms with van der Waals surface area (Å²) in [6.45, 7) is 0. The molecular weight excluding hydrogens is 437 g/mol. The summed E-state index contributed by atoms with van der Waals surface area (Å²) in [5.74, 6) is 0.653. The van der Waals surface area contributed by atoms with Crippen LogP contribution < -0.4 is 5.32 Å². The van der Waals surface area contributed by atoms with E-state index in [1.165, 1.54) is 82.6 Å². The molecule has 0 spiro atoms. The van der Waals surface area contributed by atoms with Gasteiger partial charge in [-0.3, -0.25) is 0 Å². The van der Waals surface area contributed by atoms with Gasteiger partial charge in [0.15, 0.2) is 5.52 Å². The number of rotatable bonds is 3. The zero-order valence-corrected chi connectivity index (χ0v) is 17.7. The standard InChI is InChI=1S/C21H30IN3O/c22-17-9-11-18(12-10-17)23-19-13-16(14-20-21(19)25-26-24-20)15-7-5-3-1-2-4-6-8-15/h13-15,17-18,23H,1-12H2. The van der Waals surface area contributed by atoms with Crippen molar-refractivity contribution in [3.63, 3.8) is 0 Å². The number of fused-ring (bicyclic) bond motifs is 1. The summed E-state index contributed by atoms with van der Waals surface area (Å²) in [6.07, 6.45) is 16.0. The molecule has 1 aromatic heterocycles. The van der Waals surface area contributed by atoms with Gasteiger partial charge in [0.05, 0.1) is 5.69 Å². The molecule has 2 aliphatic carbocycles. The molecule has 4 rings (SSSR count). The Bertz CT molecular complexity index is 698. The van der Waals surface area contributed by atoms with Gasteiger partial charge < -0.3 is 5.32 Å². The second kappa shape index (κ2) is 8.89. The molecule has 1 heterocycles. The summed E-state index contributed by atoms with van der Waals surface area (Å²) in [5, 5.41) is 12.1. The fourth-order valence-corrected chi connectivity index (χ4v) is 5.36. The van der Waals surface area contributed by atoms with E-state index in [2.05, 4.69) is 50.4 Å². The summed E-state index contributed by atoms with van der Waals surface area (Å²) < 4.78 is 5.92. The number of halogens is 1. The largest absolute Gasteiger partial charge is 0.380 e. The van der Waals surface area contributed by atoms with Gasteiger partial charge in [-0.25, -0.2) is 4.63 Å². The minimum Gasteiger partial charge on any atom is -0.380 e. The molecule has 4 nitrogen and oxygen atoms in total. The normalized spacial score (nSPS) is 26.2. The highest BCUT2D eigenvalue weighted by atomic mass is 127. The molecule has 2 aromatic rings. The maximum Gasteiger partial charge on any atom is 0.158 e. The van der Waals surface area contributed by atoms with E-state index in [9.17, 15) is 0 Å². The van der Waals surface area contributed by atoms with Gasteiger partial charge in [-0.1, -0.05) is 61.1 Å². The predicted molar refractivity (Wildman–Crippen MR) is 115 cm³/mol. The van der Waals surface area contributed by atoms with E-state index >= 15 is 0 Å². The number of aromatic nitrogens is 2. The zero-order chi connectivity index (χ0) is 17.8. The van der Waals surface area contributed by atoms with Crippen LogP contribution in [0.15, 0.2) is 16.8 Å². The molecule has 5 heteroatoms. The van der Waals surface area contributed by atoms with Gasteiger partial charge in [0, 0.05) is 9.97 Å². The lowest BCUT2D eigenvalue weighted by Gasteiger charge is -2.27. The maximum atomic E-state index is 5.08. The van der Waals surface area contributed by atoms with Crippen LogP contribution in [0.1, 0.15) is 88.5 Å². The first kappa shape index (κ1) is 18.5. The third-order valence-corrected chi connectivity index (χ3v) is 7.47. The van der Waals surface area contributed by atoms with Crippen molar-refractivity contribution >= 4 is 39.3 Å². The lowest BCUT2D eigenvalue weighted by Crippen LogP contribution is -2.26. The van der Waals surface area contributed by atoms with Crippen LogP contribution in [0.2, 0.25) is 0 Å². The molecule has 0 atom stereocenters. The zero-order valence-electron chi connectivity index (χ0n) is 15.6. The molecule has 142 valence electrons. The van der Waals surface area contributed by atoms with Crippen molar-refractivity contribution in [2.24, 2.45) is 0 Å². The van der Waals surface area contributed by atoms with E-state index in [-0.39, 0.29) is 0 Å². The molecule has 0 saturated heterocycles. The molecule has 2 saturated carbocycles. The van der Waals surface area contributed by atoms with Crippen LogP contribution in [0.5, 0.6) is 0 Å². The molecule has 2 aliphatic rings. The predicted octanol–water partition coefficient (Wildman–Crippen LogP) is 6.60. The van der Waals surface area contributed by atoms with Gasteiger partial charge in [0.1, 0.15) is 5.52 Å². The minimum atomic E-state index is 0.552. The molecule has 0 radical (unpaired) electrons. The molecule has 1 N–H and O–H groups in total. The van der Waals surface area contributed by atoms with Crippen molar-refractivity contribution < 1.29 is 4.63 Å². The highest BCUT2D eigenvalue weighted by Crippen LogP contribution is 2.35.